The summed E-state index contributed by atoms with van der Waals surface area (Å²) in [5, 5.41) is 11.9. The SMILES string of the molecule is CCOc1cc(CC)c2c(C#N)csc2n1. The molecule has 0 N–H and O–H groups in total. The molecule has 0 spiro atoms. The minimum Gasteiger partial charge on any atom is -0.478 e. The van der Waals surface area contributed by atoms with Crippen molar-refractivity contribution in [2.45, 2.75) is 20.3 Å². The molecule has 2 rings (SSSR count). The number of thiophene rings is 1. The van der Waals surface area contributed by atoms with E-state index < -0.39 is 0 Å². The zero-order valence-corrected chi connectivity index (χ0v) is 10.1. The van der Waals surface area contributed by atoms with Gasteiger partial charge in [0.15, 0.2) is 0 Å². The monoisotopic (exact) mass is 232 g/mol. The van der Waals surface area contributed by atoms with Gasteiger partial charge in [-0.1, -0.05) is 6.92 Å². The average Bonchev–Trinajstić information content (AvgIpc) is 2.71. The summed E-state index contributed by atoms with van der Waals surface area (Å²) >= 11 is 1.49. The van der Waals surface area contributed by atoms with Gasteiger partial charge >= 0.3 is 0 Å². The highest BCUT2D eigenvalue weighted by Crippen LogP contribution is 2.30. The number of rotatable bonds is 3. The topological polar surface area (TPSA) is 45.9 Å². The fourth-order valence-corrected chi connectivity index (χ4v) is 2.58. The Balaban J connectivity index is 2.67. The van der Waals surface area contributed by atoms with Gasteiger partial charge in [-0.2, -0.15) is 5.26 Å². The van der Waals surface area contributed by atoms with Crippen LogP contribution in [0.1, 0.15) is 25.0 Å². The molecule has 0 radical (unpaired) electrons. The third-order valence-electron chi connectivity index (χ3n) is 2.40. The Hall–Kier alpha value is -1.60. The van der Waals surface area contributed by atoms with Crippen molar-refractivity contribution in [3.8, 4) is 11.9 Å². The smallest absolute Gasteiger partial charge is 0.214 e. The van der Waals surface area contributed by atoms with E-state index in [1.165, 1.54) is 11.3 Å². The molecule has 0 aliphatic heterocycles. The maximum Gasteiger partial charge on any atom is 0.214 e. The van der Waals surface area contributed by atoms with Crippen molar-refractivity contribution in [3.05, 3.63) is 22.6 Å². The number of aromatic nitrogens is 1. The number of ether oxygens (including phenoxy) is 1. The van der Waals surface area contributed by atoms with E-state index in [1.54, 1.807) is 0 Å². The van der Waals surface area contributed by atoms with Crippen LogP contribution in [0, 0.1) is 11.3 Å². The van der Waals surface area contributed by atoms with E-state index in [-0.39, 0.29) is 0 Å². The number of aryl methyl sites for hydroxylation is 1. The molecular formula is C12H12N2OS. The first-order valence-electron chi connectivity index (χ1n) is 5.24. The summed E-state index contributed by atoms with van der Waals surface area (Å²) in [4.78, 5) is 5.28. The summed E-state index contributed by atoms with van der Waals surface area (Å²) in [6, 6.07) is 4.14. The molecule has 2 aromatic heterocycles. The summed E-state index contributed by atoms with van der Waals surface area (Å²) in [5.41, 5.74) is 1.85. The van der Waals surface area contributed by atoms with Gasteiger partial charge in [0.25, 0.3) is 0 Å². The van der Waals surface area contributed by atoms with Gasteiger partial charge in [-0.3, -0.25) is 0 Å². The molecule has 0 aromatic carbocycles. The van der Waals surface area contributed by atoms with Crippen molar-refractivity contribution in [3.63, 3.8) is 0 Å². The molecule has 82 valence electrons. The summed E-state index contributed by atoms with van der Waals surface area (Å²) in [6.45, 7) is 4.62. The summed E-state index contributed by atoms with van der Waals surface area (Å²) < 4.78 is 5.41. The minimum atomic E-state index is 0.609. The Morgan fingerprint density at radius 2 is 2.31 bits per heavy atom. The third kappa shape index (κ3) is 1.74. The first kappa shape index (κ1) is 10.9. The van der Waals surface area contributed by atoms with Gasteiger partial charge < -0.3 is 4.74 Å². The van der Waals surface area contributed by atoms with Gasteiger partial charge in [-0.15, -0.1) is 11.3 Å². The summed E-state index contributed by atoms with van der Waals surface area (Å²) in [5.74, 6) is 0.651. The van der Waals surface area contributed by atoms with Gasteiger partial charge in [-0.25, -0.2) is 4.98 Å². The van der Waals surface area contributed by atoms with Crippen LogP contribution >= 0.6 is 11.3 Å². The Bertz CT molecular complexity index is 554. The van der Waals surface area contributed by atoms with Crippen molar-refractivity contribution in [2.24, 2.45) is 0 Å². The normalized spacial score (nSPS) is 10.3. The highest BCUT2D eigenvalue weighted by molar-refractivity contribution is 7.17. The average molecular weight is 232 g/mol. The van der Waals surface area contributed by atoms with E-state index in [4.69, 9.17) is 10.00 Å². The lowest BCUT2D eigenvalue weighted by Gasteiger charge is -2.05. The molecule has 0 atom stereocenters. The zero-order chi connectivity index (χ0) is 11.5. The quantitative estimate of drug-likeness (QED) is 0.816. The Labute approximate surface area is 98.3 Å². The lowest BCUT2D eigenvalue weighted by molar-refractivity contribution is 0.328. The number of hydrogen-bond acceptors (Lipinski definition) is 4. The molecule has 0 unspecified atom stereocenters. The molecule has 0 aliphatic rings. The Morgan fingerprint density at radius 1 is 1.50 bits per heavy atom. The van der Waals surface area contributed by atoms with Gasteiger partial charge in [0, 0.05) is 16.8 Å². The van der Waals surface area contributed by atoms with Gasteiger partial charge in [0.05, 0.1) is 12.2 Å². The van der Waals surface area contributed by atoms with Crippen LogP contribution in [0.5, 0.6) is 5.88 Å². The zero-order valence-electron chi connectivity index (χ0n) is 9.28. The largest absolute Gasteiger partial charge is 0.478 e. The Morgan fingerprint density at radius 3 is 2.94 bits per heavy atom. The van der Waals surface area contributed by atoms with Crippen molar-refractivity contribution in [1.82, 2.24) is 4.98 Å². The molecule has 0 saturated heterocycles. The van der Waals surface area contributed by atoms with Crippen molar-refractivity contribution < 1.29 is 4.74 Å². The third-order valence-corrected chi connectivity index (χ3v) is 3.27. The number of nitriles is 1. The fourth-order valence-electron chi connectivity index (χ4n) is 1.68. The first-order valence-corrected chi connectivity index (χ1v) is 6.12. The van der Waals surface area contributed by atoms with Crippen molar-refractivity contribution >= 4 is 21.6 Å². The van der Waals surface area contributed by atoms with E-state index in [0.29, 0.717) is 18.1 Å². The Kier molecular flexibility index (Phi) is 3.07. The lowest BCUT2D eigenvalue weighted by Crippen LogP contribution is -1.96. The van der Waals surface area contributed by atoms with E-state index in [2.05, 4.69) is 18.0 Å². The molecule has 0 fully saturated rings. The van der Waals surface area contributed by atoms with Crippen LogP contribution in [-0.2, 0) is 6.42 Å². The van der Waals surface area contributed by atoms with Crippen LogP contribution in [0.4, 0.5) is 0 Å². The lowest BCUT2D eigenvalue weighted by atomic mass is 10.1. The molecule has 0 bridgehead atoms. The highest BCUT2D eigenvalue weighted by atomic mass is 32.1. The van der Waals surface area contributed by atoms with E-state index in [9.17, 15) is 0 Å². The molecule has 2 aromatic rings. The maximum atomic E-state index is 9.01. The predicted octanol–water partition coefficient (Wildman–Crippen LogP) is 3.13. The molecule has 0 amide bonds. The second-order valence-corrected chi connectivity index (χ2v) is 4.21. The fraction of sp³-hybridized carbons (Fsp3) is 0.333. The van der Waals surface area contributed by atoms with Crippen LogP contribution < -0.4 is 4.74 Å². The molecule has 0 saturated carbocycles. The van der Waals surface area contributed by atoms with Crippen LogP contribution in [0.3, 0.4) is 0 Å². The standard InChI is InChI=1S/C12H12N2OS/c1-3-8-5-10(15-4-2)14-12-11(8)9(6-13)7-16-12/h5,7H,3-4H2,1-2H3. The van der Waals surface area contributed by atoms with E-state index >= 15 is 0 Å². The molecule has 3 nitrogen and oxygen atoms in total. The van der Waals surface area contributed by atoms with Gasteiger partial charge in [0.2, 0.25) is 5.88 Å². The van der Waals surface area contributed by atoms with Crippen LogP contribution in [0.2, 0.25) is 0 Å². The number of hydrogen-bond donors (Lipinski definition) is 0. The number of pyridine rings is 1. The molecule has 0 aliphatic carbocycles. The molecular weight excluding hydrogens is 220 g/mol. The first-order chi connectivity index (χ1) is 7.80. The van der Waals surface area contributed by atoms with Crippen LogP contribution in [0.15, 0.2) is 11.4 Å². The van der Waals surface area contributed by atoms with Crippen molar-refractivity contribution in [1.29, 1.82) is 5.26 Å². The minimum absolute atomic E-state index is 0.609. The number of nitrogens with zero attached hydrogens (tertiary/aromatic N) is 2. The second-order valence-electron chi connectivity index (χ2n) is 3.35. The maximum absolute atomic E-state index is 9.01. The van der Waals surface area contributed by atoms with Gasteiger partial charge in [-0.05, 0) is 18.9 Å². The number of fused-ring (bicyclic) bond motifs is 1. The highest BCUT2D eigenvalue weighted by Gasteiger charge is 2.11. The van der Waals surface area contributed by atoms with Crippen LogP contribution in [0.25, 0.3) is 10.2 Å². The summed E-state index contributed by atoms with van der Waals surface area (Å²) in [7, 11) is 0. The summed E-state index contributed by atoms with van der Waals surface area (Å²) in [6.07, 6.45) is 0.879. The van der Waals surface area contributed by atoms with Gasteiger partial charge in [0.1, 0.15) is 10.9 Å². The molecule has 2 heterocycles. The second kappa shape index (κ2) is 4.50. The molecule has 16 heavy (non-hydrogen) atoms. The van der Waals surface area contributed by atoms with E-state index in [0.717, 1.165) is 22.2 Å². The van der Waals surface area contributed by atoms with E-state index in [1.807, 2.05) is 18.4 Å². The predicted molar refractivity (Wildman–Crippen MR) is 64.9 cm³/mol. The molecule has 4 heteroatoms. The van der Waals surface area contributed by atoms with Crippen molar-refractivity contribution in [2.75, 3.05) is 6.61 Å². The van der Waals surface area contributed by atoms with Crippen LogP contribution in [-0.4, -0.2) is 11.6 Å².